The van der Waals surface area contributed by atoms with Crippen molar-refractivity contribution in [2.75, 3.05) is 11.1 Å². The third kappa shape index (κ3) is 2.75. The van der Waals surface area contributed by atoms with Crippen LogP contribution in [-0.2, 0) is 0 Å². The van der Waals surface area contributed by atoms with Crippen molar-refractivity contribution in [1.29, 1.82) is 0 Å². The minimum Gasteiger partial charge on any atom is -0.375 e. The van der Waals surface area contributed by atoms with E-state index >= 15 is 0 Å². The number of rotatable bonds is 3. The Labute approximate surface area is 118 Å². The highest BCUT2D eigenvalue weighted by molar-refractivity contribution is 7.17. The first-order valence-corrected chi connectivity index (χ1v) is 6.49. The summed E-state index contributed by atoms with van der Waals surface area (Å²) in [6.45, 7) is 3.31. The Kier molecular flexibility index (Phi) is 3.66. The minimum atomic E-state index is -0.463. The van der Waals surface area contributed by atoms with Crippen LogP contribution in [0, 0.1) is 24.0 Å². The fourth-order valence-electron chi connectivity index (χ4n) is 1.75. The first kappa shape index (κ1) is 13.9. The van der Waals surface area contributed by atoms with Gasteiger partial charge in [0.2, 0.25) is 0 Å². The minimum absolute atomic E-state index is 0.0150. The zero-order chi connectivity index (χ0) is 14.9. The molecule has 3 N–H and O–H groups in total. The van der Waals surface area contributed by atoms with Crippen LogP contribution in [0.15, 0.2) is 18.2 Å². The topological polar surface area (TPSA) is 111 Å². The molecule has 0 saturated heterocycles. The van der Waals surface area contributed by atoms with Crippen molar-refractivity contribution in [2.45, 2.75) is 13.8 Å². The van der Waals surface area contributed by atoms with Crippen LogP contribution in [0.3, 0.4) is 0 Å². The summed E-state index contributed by atoms with van der Waals surface area (Å²) in [5.41, 5.74) is 7.08. The van der Waals surface area contributed by atoms with Crippen LogP contribution in [-0.4, -0.2) is 15.8 Å². The van der Waals surface area contributed by atoms with E-state index in [2.05, 4.69) is 10.3 Å². The van der Waals surface area contributed by atoms with Gasteiger partial charge in [0.05, 0.1) is 10.6 Å². The van der Waals surface area contributed by atoms with Gasteiger partial charge in [0.1, 0.15) is 4.88 Å². The maximum atomic E-state index is 12.0. The third-order valence-corrected chi connectivity index (χ3v) is 3.66. The molecule has 2 aromatic rings. The Hall–Kier alpha value is -2.48. The van der Waals surface area contributed by atoms with Crippen molar-refractivity contribution >= 4 is 33.8 Å². The number of anilines is 2. The number of amides is 1. The number of hydrogen-bond donors (Lipinski definition) is 2. The average Bonchev–Trinajstić information content (AvgIpc) is 2.68. The van der Waals surface area contributed by atoms with Crippen LogP contribution >= 0.6 is 11.3 Å². The maximum Gasteiger partial charge on any atom is 0.272 e. The van der Waals surface area contributed by atoms with Gasteiger partial charge in [-0.05, 0) is 26.0 Å². The molecule has 2 rings (SSSR count). The molecule has 0 radical (unpaired) electrons. The Morgan fingerprint density at radius 1 is 1.45 bits per heavy atom. The second-order valence-electron chi connectivity index (χ2n) is 4.18. The third-order valence-electron chi connectivity index (χ3n) is 2.67. The van der Waals surface area contributed by atoms with Crippen molar-refractivity contribution in [3.8, 4) is 0 Å². The number of aryl methyl sites for hydroxylation is 2. The van der Waals surface area contributed by atoms with E-state index in [9.17, 15) is 14.9 Å². The summed E-state index contributed by atoms with van der Waals surface area (Å²) in [6, 6.07) is 4.40. The van der Waals surface area contributed by atoms with Gasteiger partial charge in [0.15, 0.2) is 5.13 Å². The highest BCUT2D eigenvalue weighted by Gasteiger charge is 2.16. The van der Waals surface area contributed by atoms with E-state index in [0.29, 0.717) is 27.0 Å². The molecule has 0 fully saturated rings. The van der Waals surface area contributed by atoms with Crippen LogP contribution in [0.5, 0.6) is 0 Å². The molecule has 0 saturated carbocycles. The highest BCUT2D eigenvalue weighted by atomic mass is 32.1. The van der Waals surface area contributed by atoms with Crippen molar-refractivity contribution in [1.82, 2.24) is 4.98 Å². The Morgan fingerprint density at radius 2 is 2.15 bits per heavy atom. The summed E-state index contributed by atoms with van der Waals surface area (Å²) in [5.74, 6) is -0.329. The number of benzene rings is 1. The molecule has 1 aromatic heterocycles. The summed E-state index contributed by atoms with van der Waals surface area (Å²) in [6.07, 6.45) is 0. The molecular weight excluding hydrogens is 280 g/mol. The van der Waals surface area contributed by atoms with E-state index in [1.807, 2.05) is 0 Å². The summed E-state index contributed by atoms with van der Waals surface area (Å²) in [7, 11) is 0. The van der Waals surface area contributed by atoms with E-state index in [-0.39, 0.29) is 11.6 Å². The first-order valence-electron chi connectivity index (χ1n) is 5.68. The number of hydrogen-bond acceptors (Lipinski definition) is 6. The summed E-state index contributed by atoms with van der Waals surface area (Å²) in [5, 5.41) is 13.7. The Morgan fingerprint density at radius 3 is 2.65 bits per heavy atom. The van der Waals surface area contributed by atoms with Crippen LogP contribution in [0.1, 0.15) is 20.9 Å². The normalized spacial score (nSPS) is 10.3. The number of carbonyl (C=O) groups excluding carboxylic acids is 1. The number of nitrogens with zero attached hydrogens (tertiary/aromatic N) is 2. The van der Waals surface area contributed by atoms with Gasteiger partial charge in [-0.2, -0.15) is 0 Å². The molecule has 20 heavy (non-hydrogen) atoms. The van der Waals surface area contributed by atoms with E-state index < -0.39 is 4.92 Å². The van der Waals surface area contributed by atoms with Crippen molar-refractivity contribution < 1.29 is 9.72 Å². The first-order chi connectivity index (χ1) is 9.38. The maximum absolute atomic E-state index is 12.0. The van der Waals surface area contributed by atoms with Gasteiger partial charge in [-0.15, -0.1) is 0 Å². The zero-order valence-electron chi connectivity index (χ0n) is 10.8. The smallest absolute Gasteiger partial charge is 0.272 e. The van der Waals surface area contributed by atoms with Crippen molar-refractivity contribution in [2.24, 2.45) is 0 Å². The lowest BCUT2D eigenvalue weighted by Gasteiger charge is -2.05. The molecule has 0 aliphatic carbocycles. The van der Waals surface area contributed by atoms with Crippen LogP contribution in [0.2, 0.25) is 0 Å². The van der Waals surface area contributed by atoms with Crippen LogP contribution < -0.4 is 11.1 Å². The molecule has 104 valence electrons. The second kappa shape index (κ2) is 5.25. The molecule has 0 bridgehead atoms. The SMILES string of the molecule is Cc1cc(NC(=O)c2sc(N)nc2C)ccc1[N+](=O)[O-]. The summed E-state index contributed by atoms with van der Waals surface area (Å²) in [4.78, 5) is 26.7. The molecule has 1 amide bonds. The number of nitrogens with two attached hydrogens (primary N) is 1. The van der Waals surface area contributed by atoms with Gasteiger partial charge in [-0.1, -0.05) is 11.3 Å². The van der Waals surface area contributed by atoms with Crippen LogP contribution in [0.4, 0.5) is 16.5 Å². The van der Waals surface area contributed by atoms with Crippen molar-refractivity contribution in [3.63, 3.8) is 0 Å². The van der Waals surface area contributed by atoms with E-state index in [0.717, 1.165) is 11.3 Å². The molecule has 0 spiro atoms. The molecule has 0 aliphatic rings. The van der Waals surface area contributed by atoms with Gasteiger partial charge in [0, 0.05) is 17.3 Å². The fraction of sp³-hybridized carbons (Fsp3) is 0.167. The Balaban J connectivity index is 2.22. The van der Waals surface area contributed by atoms with Gasteiger partial charge >= 0.3 is 0 Å². The van der Waals surface area contributed by atoms with Crippen LogP contribution in [0.25, 0.3) is 0 Å². The van der Waals surface area contributed by atoms with Crippen molar-refractivity contribution in [3.05, 3.63) is 44.4 Å². The number of nitro groups is 1. The number of nitro benzene ring substituents is 1. The average molecular weight is 292 g/mol. The molecule has 0 aliphatic heterocycles. The lowest BCUT2D eigenvalue weighted by molar-refractivity contribution is -0.385. The monoisotopic (exact) mass is 292 g/mol. The number of nitrogen functional groups attached to an aromatic ring is 1. The van der Waals surface area contributed by atoms with E-state index in [1.165, 1.54) is 12.1 Å². The summed E-state index contributed by atoms with van der Waals surface area (Å²) >= 11 is 1.10. The Bertz CT molecular complexity index is 696. The van der Waals surface area contributed by atoms with Gasteiger partial charge in [0.25, 0.3) is 11.6 Å². The molecule has 7 nitrogen and oxygen atoms in total. The number of thiazole rings is 1. The van der Waals surface area contributed by atoms with Gasteiger partial charge in [-0.25, -0.2) is 4.98 Å². The second-order valence-corrected chi connectivity index (χ2v) is 5.21. The number of aromatic nitrogens is 1. The fourth-order valence-corrected chi connectivity index (χ4v) is 2.48. The van der Waals surface area contributed by atoms with E-state index in [4.69, 9.17) is 5.73 Å². The standard InChI is InChI=1S/C12H12N4O3S/c1-6-5-8(3-4-9(6)16(18)19)15-11(17)10-7(2)14-12(13)20-10/h3-5H,1-2H3,(H2,13,14)(H,15,17). The molecular formula is C12H12N4O3S. The predicted octanol–water partition coefficient (Wildman–Crippen LogP) is 2.50. The predicted molar refractivity (Wildman–Crippen MR) is 77.0 cm³/mol. The largest absolute Gasteiger partial charge is 0.375 e. The molecule has 0 unspecified atom stereocenters. The molecule has 0 atom stereocenters. The van der Waals surface area contributed by atoms with Gasteiger partial charge < -0.3 is 11.1 Å². The number of nitrogens with one attached hydrogen (secondary N) is 1. The summed E-state index contributed by atoms with van der Waals surface area (Å²) < 4.78 is 0. The highest BCUT2D eigenvalue weighted by Crippen LogP contribution is 2.24. The zero-order valence-corrected chi connectivity index (χ0v) is 11.7. The lowest BCUT2D eigenvalue weighted by Crippen LogP contribution is -2.11. The lowest BCUT2D eigenvalue weighted by atomic mass is 10.2. The van der Waals surface area contributed by atoms with Gasteiger partial charge in [-0.3, -0.25) is 14.9 Å². The molecule has 8 heteroatoms. The quantitative estimate of drug-likeness (QED) is 0.667. The molecule has 1 aromatic carbocycles. The molecule has 1 heterocycles. The van der Waals surface area contributed by atoms with E-state index in [1.54, 1.807) is 19.9 Å². The number of carbonyl (C=O) groups is 1.